The molecule has 0 spiro atoms. The minimum Gasteiger partial charge on any atom is -0.491 e. The van der Waals surface area contributed by atoms with Crippen LogP contribution >= 0.6 is 0 Å². The van der Waals surface area contributed by atoms with E-state index < -0.39 is 41.3 Å². The average Bonchev–Trinajstić information content (AvgIpc) is 2.95. The molecule has 1 N–H and O–H groups in total. The second-order valence-electron chi connectivity index (χ2n) is 9.12. The molecule has 0 amide bonds. The second kappa shape index (κ2) is 19.3. The van der Waals surface area contributed by atoms with Crippen LogP contribution in [0.3, 0.4) is 0 Å². The van der Waals surface area contributed by atoms with E-state index in [1.807, 2.05) is 6.92 Å². The topological polar surface area (TPSA) is 178 Å². The van der Waals surface area contributed by atoms with Crippen molar-refractivity contribution < 1.29 is 58.2 Å². The first-order chi connectivity index (χ1) is 20.4. The molecular formula is C27H40O13S3. The lowest BCUT2D eigenvalue weighted by molar-refractivity contribution is -0.0118. The molecule has 43 heavy (non-hydrogen) atoms. The highest BCUT2D eigenvalue weighted by atomic mass is 32.2. The molecule has 0 fully saturated rings. The van der Waals surface area contributed by atoms with Crippen LogP contribution in [0.15, 0.2) is 58.3 Å². The Morgan fingerprint density at radius 2 is 0.860 bits per heavy atom. The Morgan fingerprint density at radius 1 is 0.488 bits per heavy atom. The zero-order valence-electron chi connectivity index (χ0n) is 24.1. The number of sulfone groups is 2. The lowest BCUT2D eigenvalue weighted by atomic mass is 10.2. The fourth-order valence-corrected chi connectivity index (χ4v) is 6.94. The summed E-state index contributed by atoms with van der Waals surface area (Å²) in [7, 11) is -11.6. The Morgan fingerprint density at radius 3 is 1.30 bits per heavy atom. The quantitative estimate of drug-likeness (QED) is 0.126. The Balaban J connectivity index is 1.37. The monoisotopic (exact) mass is 668 g/mol. The molecule has 2 rings (SSSR count). The van der Waals surface area contributed by atoms with Crippen LogP contribution in [-0.4, -0.2) is 120 Å². The van der Waals surface area contributed by atoms with Crippen molar-refractivity contribution in [1.82, 2.24) is 0 Å². The van der Waals surface area contributed by atoms with Gasteiger partial charge in [0.05, 0.1) is 93.1 Å². The van der Waals surface area contributed by atoms with E-state index in [0.717, 1.165) is 5.56 Å². The zero-order chi connectivity index (χ0) is 31.6. The third-order valence-electron chi connectivity index (χ3n) is 5.65. The van der Waals surface area contributed by atoms with Crippen molar-refractivity contribution in [1.29, 1.82) is 0 Å². The van der Waals surface area contributed by atoms with Crippen LogP contribution in [0.5, 0.6) is 5.75 Å². The highest BCUT2D eigenvalue weighted by Crippen LogP contribution is 2.17. The van der Waals surface area contributed by atoms with Gasteiger partial charge in [-0.3, -0.25) is 4.55 Å². The van der Waals surface area contributed by atoms with Gasteiger partial charge >= 0.3 is 0 Å². The molecule has 2 aromatic carbocycles. The van der Waals surface area contributed by atoms with E-state index in [1.165, 1.54) is 24.3 Å². The van der Waals surface area contributed by atoms with Crippen molar-refractivity contribution >= 4 is 29.8 Å². The van der Waals surface area contributed by atoms with Crippen LogP contribution in [-0.2, 0) is 53.5 Å². The van der Waals surface area contributed by atoms with Gasteiger partial charge in [0.15, 0.2) is 19.7 Å². The standard InChI is InChI=1S/C27H40O13S3/c1-24-2-6-26(7-3-24)41(28,29)21-20-39-17-16-37-13-12-35-10-11-36-14-15-38-18-19-40-25-4-8-27(9-5-25)42(30,31)22-23-43(32,33)34/h2-9H,10-23H2,1H3,(H,32,33,34). The van der Waals surface area contributed by atoms with Gasteiger partial charge in [0.1, 0.15) is 12.4 Å². The molecule has 2 aromatic rings. The van der Waals surface area contributed by atoms with Gasteiger partial charge in [-0.2, -0.15) is 8.42 Å². The molecule has 13 nitrogen and oxygen atoms in total. The summed E-state index contributed by atoms with van der Waals surface area (Å²) >= 11 is 0. The Bertz CT molecular complexity index is 1370. The maximum atomic E-state index is 12.2. The van der Waals surface area contributed by atoms with Crippen LogP contribution in [0.4, 0.5) is 0 Å². The van der Waals surface area contributed by atoms with Crippen molar-refractivity contribution in [3.8, 4) is 5.75 Å². The van der Waals surface area contributed by atoms with Crippen LogP contribution in [0, 0.1) is 6.92 Å². The number of ether oxygens (including phenoxy) is 6. The first kappa shape index (κ1) is 37.0. The summed E-state index contributed by atoms with van der Waals surface area (Å²) in [5, 5.41) is 0. The van der Waals surface area contributed by atoms with Crippen LogP contribution in [0.2, 0.25) is 0 Å². The molecule has 0 atom stereocenters. The fraction of sp³-hybridized carbons (Fsp3) is 0.556. The molecule has 0 aromatic heterocycles. The van der Waals surface area contributed by atoms with E-state index in [9.17, 15) is 25.3 Å². The van der Waals surface area contributed by atoms with Gasteiger partial charge < -0.3 is 28.4 Å². The molecule has 0 saturated heterocycles. The highest BCUT2D eigenvalue weighted by Gasteiger charge is 2.18. The summed E-state index contributed by atoms with van der Waals surface area (Å²) in [5.41, 5.74) is 0.998. The minimum absolute atomic E-state index is 0.0695. The summed E-state index contributed by atoms with van der Waals surface area (Å²) in [4.78, 5) is 0.220. The van der Waals surface area contributed by atoms with Crippen LogP contribution < -0.4 is 4.74 Å². The summed E-state index contributed by atoms with van der Waals surface area (Å²) in [6.07, 6.45) is 0. The SMILES string of the molecule is Cc1ccc(S(=O)(=O)CCOCCOCCOCCOCCOCCOc2ccc(S(=O)(=O)CCS(=O)(=O)O)cc2)cc1. The van der Waals surface area contributed by atoms with Crippen LogP contribution in [0.1, 0.15) is 5.56 Å². The molecule has 0 aliphatic heterocycles. The number of hydrogen-bond donors (Lipinski definition) is 1. The third kappa shape index (κ3) is 16.5. The van der Waals surface area contributed by atoms with Crippen molar-refractivity contribution in [2.75, 3.05) is 89.9 Å². The molecule has 0 aliphatic carbocycles. The first-order valence-corrected chi connectivity index (χ1v) is 18.4. The van der Waals surface area contributed by atoms with E-state index in [-0.39, 0.29) is 42.0 Å². The van der Waals surface area contributed by atoms with Gasteiger partial charge in [-0.15, -0.1) is 0 Å². The number of benzene rings is 2. The largest absolute Gasteiger partial charge is 0.491 e. The Labute approximate surface area is 254 Å². The van der Waals surface area contributed by atoms with E-state index in [2.05, 4.69) is 0 Å². The number of rotatable bonds is 24. The van der Waals surface area contributed by atoms with Gasteiger partial charge in [-0.25, -0.2) is 16.8 Å². The van der Waals surface area contributed by atoms with Crippen molar-refractivity contribution in [3.05, 3.63) is 54.1 Å². The van der Waals surface area contributed by atoms with Crippen molar-refractivity contribution in [2.45, 2.75) is 16.7 Å². The molecule has 0 radical (unpaired) electrons. The molecule has 0 aliphatic rings. The maximum Gasteiger partial charge on any atom is 0.265 e. The smallest absolute Gasteiger partial charge is 0.265 e. The van der Waals surface area contributed by atoms with E-state index in [0.29, 0.717) is 52.0 Å². The van der Waals surface area contributed by atoms with Crippen LogP contribution in [0.25, 0.3) is 0 Å². The molecular weight excluding hydrogens is 628 g/mol. The lowest BCUT2D eigenvalue weighted by Crippen LogP contribution is -2.16. The van der Waals surface area contributed by atoms with Gasteiger partial charge in [0.2, 0.25) is 0 Å². The van der Waals surface area contributed by atoms with Crippen molar-refractivity contribution in [3.63, 3.8) is 0 Å². The molecule has 0 heterocycles. The Kier molecular flexibility index (Phi) is 16.6. The fourth-order valence-electron chi connectivity index (χ4n) is 3.31. The predicted molar refractivity (Wildman–Crippen MR) is 158 cm³/mol. The van der Waals surface area contributed by atoms with Gasteiger partial charge in [0, 0.05) is 0 Å². The molecule has 244 valence electrons. The number of hydrogen-bond acceptors (Lipinski definition) is 12. The first-order valence-electron chi connectivity index (χ1n) is 13.5. The Hall–Kier alpha value is -2.15. The lowest BCUT2D eigenvalue weighted by Gasteiger charge is -2.09. The van der Waals surface area contributed by atoms with E-state index in [4.69, 9.17) is 33.0 Å². The molecule has 16 heteroatoms. The highest BCUT2D eigenvalue weighted by molar-refractivity contribution is 7.93. The maximum absolute atomic E-state index is 12.2. The van der Waals surface area contributed by atoms with E-state index >= 15 is 0 Å². The summed E-state index contributed by atoms with van der Waals surface area (Å²) in [5.74, 6) is -1.25. The van der Waals surface area contributed by atoms with Crippen molar-refractivity contribution in [2.24, 2.45) is 0 Å². The normalized spacial score (nSPS) is 12.4. The summed E-state index contributed by atoms with van der Waals surface area (Å²) < 4.78 is 111. The molecule has 0 bridgehead atoms. The minimum atomic E-state index is -4.37. The summed E-state index contributed by atoms with van der Waals surface area (Å²) in [6.45, 7) is 5.39. The number of aryl methyl sites for hydroxylation is 1. The van der Waals surface area contributed by atoms with Gasteiger partial charge in [-0.05, 0) is 43.3 Å². The zero-order valence-corrected chi connectivity index (χ0v) is 26.5. The van der Waals surface area contributed by atoms with Gasteiger partial charge in [-0.1, -0.05) is 17.7 Å². The van der Waals surface area contributed by atoms with E-state index in [1.54, 1.807) is 24.3 Å². The molecule has 0 saturated carbocycles. The third-order valence-corrected chi connectivity index (χ3v) is 10.1. The summed E-state index contributed by atoms with van der Waals surface area (Å²) in [6, 6.07) is 12.2. The average molecular weight is 669 g/mol. The van der Waals surface area contributed by atoms with Gasteiger partial charge in [0.25, 0.3) is 10.1 Å². The predicted octanol–water partition coefficient (Wildman–Crippen LogP) is 1.59. The second-order valence-corrected chi connectivity index (χ2v) is 14.9. The molecule has 0 unspecified atom stereocenters.